The van der Waals surface area contributed by atoms with Crippen LogP contribution in [-0.2, 0) is 0 Å². The lowest BCUT2D eigenvalue weighted by atomic mass is 9.94. The molecule has 0 saturated heterocycles. The molecule has 0 N–H and O–H groups in total. The van der Waals surface area contributed by atoms with Crippen molar-refractivity contribution in [1.82, 2.24) is 0 Å². The molecule has 0 radical (unpaired) electrons. The van der Waals surface area contributed by atoms with E-state index in [-0.39, 0.29) is 0 Å². The summed E-state index contributed by atoms with van der Waals surface area (Å²) >= 11 is 3.63. The third kappa shape index (κ3) is 1.93. The molecule has 0 spiro atoms. The average Bonchev–Trinajstić information content (AvgIpc) is 2.42. The van der Waals surface area contributed by atoms with E-state index in [1.54, 1.807) is 5.19 Å². The first kappa shape index (κ1) is 13.3. The third-order valence-electron chi connectivity index (χ3n) is 4.37. The Hall–Kier alpha value is -1.38. The molecule has 0 atom stereocenters. The van der Waals surface area contributed by atoms with Gasteiger partial charge in [-0.15, -0.1) is 0 Å². The minimum Gasteiger partial charge on any atom is -0.0656 e. The van der Waals surface area contributed by atoms with Crippen molar-refractivity contribution in [3.63, 3.8) is 0 Å². The normalized spacial score (nSPS) is 12.8. The maximum absolute atomic E-state index is 3.63. The fraction of sp³-hybridized carbons (Fsp3) is 0.158. The van der Waals surface area contributed by atoms with Crippen LogP contribution in [0.4, 0.5) is 0 Å². The fourth-order valence-electron chi connectivity index (χ4n) is 3.44. The summed E-state index contributed by atoms with van der Waals surface area (Å²) in [6, 6.07) is 18.2. The van der Waals surface area contributed by atoms with Gasteiger partial charge in [0.1, 0.15) is 0 Å². The van der Waals surface area contributed by atoms with E-state index >= 15 is 0 Å². The number of benzene rings is 4. The first-order valence-electron chi connectivity index (χ1n) is 7.33. The summed E-state index contributed by atoms with van der Waals surface area (Å²) in [5.74, 6) is 0. The van der Waals surface area contributed by atoms with Gasteiger partial charge in [-0.2, -0.15) is 0 Å². The molecule has 0 aliphatic carbocycles. The van der Waals surface area contributed by atoms with Gasteiger partial charge >= 0.3 is 0 Å². The molecule has 0 nitrogen and oxygen atoms in total. The van der Waals surface area contributed by atoms with Crippen LogP contribution < -0.4 is 5.19 Å². The van der Waals surface area contributed by atoms with E-state index in [2.05, 4.69) is 84.1 Å². The topological polar surface area (TPSA) is 0 Å². The predicted molar refractivity (Wildman–Crippen MR) is 101 cm³/mol. The lowest BCUT2D eigenvalue weighted by molar-refractivity contribution is 1.72. The molecule has 0 heterocycles. The minimum absolute atomic E-state index is 1.15. The second kappa shape index (κ2) is 4.31. The quantitative estimate of drug-likeness (QED) is 0.296. The molecule has 2 heteroatoms. The van der Waals surface area contributed by atoms with Gasteiger partial charge < -0.3 is 0 Å². The molecule has 21 heavy (non-hydrogen) atoms. The zero-order valence-corrected chi connectivity index (χ0v) is 15.1. The van der Waals surface area contributed by atoms with Crippen LogP contribution in [0.15, 0.2) is 53.0 Å². The van der Waals surface area contributed by atoms with E-state index in [4.69, 9.17) is 0 Å². The number of halogens is 1. The van der Waals surface area contributed by atoms with Crippen molar-refractivity contribution in [3.8, 4) is 0 Å². The Morgan fingerprint density at radius 2 is 1.29 bits per heavy atom. The summed E-state index contributed by atoms with van der Waals surface area (Å²) in [6.07, 6.45) is 0. The van der Waals surface area contributed by atoms with Crippen LogP contribution in [0, 0.1) is 0 Å². The summed E-state index contributed by atoms with van der Waals surface area (Å²) in [5.41, 5.74) is 0. The Morgan fingerprint density at radius 3 is 1.95 bits per heavy atom. The Kier molecular flexibility index (Phi) is 2.73. The summed E-state index contributed by atoms with van der Waals surface area (Å²) < 4.78 is 1.15. The Labute approximate surface area is 134 Å². The second-order valence-electron chi connectivity index (χ2n) is 6.87. The van der Waals surface area contributed by atoms with Crippen LogP contribution >= 0.6 is 15.9 Å². The molecule has 0 fully saturated rings. The Morgan fingerprint density at radius 1 is 0.714 bits per heavy atom. The highest BCUT2D eigenvalue weighted by atomic mass is 79.9. The molecule has 4 rings (SSSR count). The smallest absolute Gasteiger partial charge is 0.0656 e. The highest BCUT2D eigenvalue weighted by molar-refractivity contribution is 9.10. The lowest BCUT2D eigenvalue weighted by Crippen LogP contribution is -2.38. The van der Waals surface area contributed by atoms with E-state index in [0.717, 1.165) is 4.47 Å². The molecule has 0 aliphatic rings. The summed E-state index contributed by atoms with van der Waals surface area (Å²) in [4.78, 5) is 0. The zero-order chi connectivity index (χ0) is 14.8. The molecular weight excluding hydrogens is 336 g/mol. The van der Waals surface area contributed by atoms with E-state index < -0.39 is 8.07 Å². The third-order valence-corrected chi connectivity index (χ3v) is 6.88. The molecule has 4 aromatic rings. The zero-order valence-electron chi connectivity index (χ0n) is 12.5. The molecule has 4 aromatic carbocycles. The average molecular weight is 353 g/mol. The molecule has 0 amide bonds. The van der Waals surface area contributed by atoms with Gasteiger partial charge in [0.25, 0.3) is 0 Å². The van der Waals surface area contributed by atoms with Crippen molar-refractivity contribution >= 4 is 61.5 Å². The summed E-state index contributed by atoms with van der Waals surface area (Å²) in [7, 11) is -1.35. The molecule has 0 saturated carbocycles. The Bertz CT molecular complexity index is 961. The molecule has 0 unspecified atom stereocenters. The van der Waals surface area contributed by atoms with Crippen LogP contribution in [0.5, 0.6) is 0 Å². The minimum atomic E-state index is -1.35. The van der Waals surface area contributed by atoms with E-state index in [0.29, 0.717) is 0 Å². The van der Waals surface area contributed by atoms with E-state index in [1.807, 2.05) is 0 Å². The summed E-state index contributed by atoms with van der Waals surface area (Å²) in [6.45, 7) is 7.28. The maximum Gasteiger partial charge on any atom is 0.0784 e. The van der Waals surface area contributed by atoms with Gasteiger partial charge in [0.15, 0.2) is 0 Å². The Balaban J connectivity index is 2.30. The van der Waals surface area contributed by atoms with Crippen molar-refractivity contribution in [1.29, 1.82) is 0 Å². The van der Waals surface area contributed by atoms with Gasteiger partial charge in [0, 0.05) is 4.47 Å². The SMILES string of the molecule is C[Si](C)(C)c1ccc2ccc3cc(Br)cc4ccc1c2c34. The van der Waals surface area contributed by atoms with Crippen molar-refractivity contribution in [2.75, 3.05) is 0 Å². The van der Waals surface area contributed by atoms with Crippen molar-refractivity contribution in [3.05, 3.63) is 53.0 Å². The predicted octanol–water partition coefficient (Wildman–Crippen LogP) is 5.89. The van der Waals surface area contributed by atoms with Gasteiger partial charge in [-0.05, 0) is 44.5 Å². The van der Waals surface area contributed by atoms with E-state index in [9.17, 15) is 0 Å². The molecule has 0 aromatic heterocycles. The molecular formula is C19H17BrSi. The maximum atomic E-state index is 3.63. The van der Waals surface area contributed by atoms with Crippen LogP contribution in [0.1, 0.15) is 0 Å². The molecule has 0 aliphatic heterocycles. The highest BCUT2D eigenvalue weighted by Crippen LogP contribution is 2.36. The standard InChI is InChI=1S/C19H17BrSi/c1-21(2,3)17-9-7-12-4-5-13-10-15(20)11-14-6-8-16(17)19(12)18(13)14/h4-11H,1-3H3. The van der Waals surface area contributed by atoms with Crippen molar-refractivity contribution in [2.24, 2.45) is 0 Å². The van der Waals surface area contributed by atoms with Crippen molar-refractivity contribution < 1.29 is 0 Å². The highest BCUT2D eigenvalue weighted by Gasteiger charge is 2.21. The largest absolute Gasteiger partial charge is 0.0784 e. The molecule has 0 bridgehead atoms. The fourth-order valence-corrected chi connectivity index (χ4v) is 5.53. The number of rotatable bonds is 1. The monoisotopic (exact) mass is 352 g/mol. The van der Waals surface area contributed by atoms with Gasteiger partial charge in [0.05, 0.1) is 8.07 Å². The van der Waals surface area contributed by atoms with Gasteiger partial charge in [-0.1, -0.05) is 77.2 Å². The van der Waals surface area contributed by atoms with Crippen molar-refractivity contribution in [2.45, 2.75) is 19.6 Å². The van der Waals surface area contributed by atoms with Crippen LogP contribution in [0.2, 0.25) is 19.6 Å². The summed E-state index contributed by atoms with van der Waals surface area (Å²) in [5, 5.41) is 9.87. The van der Waals surface area contributed by atoms with Crippen LogP contribution in [-0.4, -0.2) is 8.07 Å². The first-order chi connectivity index (χ1) is 9.95. The number of hydrogen-bond donors (Lipinski definition) is 0. The first-order valence-corrected chi connectivity index (χ1v) is 11.6. The second-order valence-corrected chi connectivity index (χ2v) is 12.8. The van der Waals surface area contributed by atoms with Gasteiger partial charge in [-0.25, -0.2) is 0 Å². The number of hydrogen-bond acceptors (Lipinski definition) is 0. The van der Waals surface area contributed by atoms with Gasteiger partial charge in [0.2, 0.25) is 0 Å². The van der Waals surface area contributed by atoms with Crippen LogP contribution in [0.3, 0.4) is 0 Å². The molecule has 104 valence electrons. The van der Waals surface area contributed by atoms with E-state index in [1.165, 1.54) is 32.3 Å². The lowest BCUT2D eigenvalue weighted by Gasteiger charge is -2.21. The van der Waals surface area contributed by atoms with Gasteiger partial charge in [-0.3, -0.25) is 0 Å². The van der Waals surface area contributed by atoms with Crippen LogP contribution in [0.25, 0.3) is 32.3 Å².